The lowest BCUT2D eigenvalue weighted by Gasteiger charge is -2.11. The second-order valence-corrected chi connectivity index (χ2v) is 8.34. The molecule has 32 heavy (non-hydrogen) atoms. The van der Waals surface area contributed by atoms with E-state index < -0.39 is 0 Å². The van der Waals surface area contributed by atoms with Gasteiger partial charge in [0, 0.05) is 22.7 Å². The number of aromatic nitrogens is 8. The van der Waals surface area contributed by atoms with E-state index in [0.717, 1.165) is 28.9 Å². The van der Waals surface area contributed by atoms with E-state index in [9.17, 15) is 0 Å². The molecule has 6 rings (SSSR count). The normalized spacial score (nSPS) is 14.5. The van der Waals surface area contributed by atoms with Crippen molar-refractivity contribution in [3.05, 3.63) is 60.4 Å². The molecule has 5 aromatic rings. The Balaban J connectivity index is 1.34. The van der Waals surface area contributed by atoms with Crippen LogP contribution in [0.5, 0.6) is 0 Å². The third-order valence-electron chi connectivity index (χ3n) is 6.41. The SMILES string of the molecule is CCc1nn(C2CCCC2)c2cc(-c3ccn(-c4ccc(-c5nn[nH]n5)cc4)n3)ccc12. The highest BCUT2D eigenvalue weighted by Crippen LogP contribution is 2.34. The Hall–Kier alpha value is -3.81. The van der Waals surface area contributed by atoms with Gasteiger partial charge in [-0.05, 0) is 60.9 Å². The topological polar surface area (TPSA) is 90.1 Å². The minimum absolute atomic E-state index is 0.517. The molecule has 0 atom stereocenters. The highest BCUT2D eigenvalue weighted by atomic mass is 15.5. The summed E-state index contributed by atoms with van der Waals surface area (Å²) in [4.78, 5) is 0. The fourth-order valence-electron chi connectivity index (χ4n) is 4.72. The predicted molar refractivity (Wildman–Crippen MR) is 122 cm³/mol. The van der Waals surface area contributed by atoms with Gasteiger partial charge in [-0.2, -0.15) is 15.4 Å². The first-order valence-corrected chi connectivity index (χ1v) is 11.2. The molecule has 8 heteroatoms. The summed E-state index contributed by atoms with van der Waals surface area (Å²) >= 11 is 0. The average Bonchev–Trinajstić information content (AvgIpc) is 3.64. The molecule has 0 unspecified atom stereocenters. The van der Waals surface area contributed by atoms with Crippen molar-refractivity contribution in [3.63, 3.8) is 0 Å². The van der Waals surface area contributed by atoms with E-state index in [-0.39, 0.29) is 0 Å². The van der Waals surface area contributed by atoms with Crippen molar-refractivity contribution in [1.82, 2.24) is 40.2 Å². The second-order valence-electron chi connectivity index (χ2n) is 8.34. The van der Waals surface area contributed by atoms with Crippen LogP contribution in [-0.2, 0) is 6.42 Å². The standard InChI is InChI=1S/C24H24N8/c1-2-21-20-12-9-17(15-23(20)32(28-21)19-5-3-4-6-19)22-13-14-31(27-22)18-10-7-16(8-11-18)24-25-29-30-26-24/h7-15,19H,2-6H2,1H3,(H,25,26,29,30). The van der Waals surface area contributed by atoms with Crippen LogP contribution >= 0.6 is 0 Å². The molecule has 1 fully saturated rings. The Morgan fingerprint density at radius 2 is 1.78 bits per heavy atom. The van der Waals surface area contributed by atoms with Crippen LogP contribution < -0.4 is 0 Å². The lowest BCUT2D eigenvalue weighted by Crippen LogP contribution is -2.06. The number of tetrazole rings is 1. The number of fused-ring (bicyclic) bond motifs is 1. The molecular formula is C24H24N8. The summed E-state index contributed by atoms with van der Waals surface area (Å²) < 4.78 is 4.17. The third kappa shape index (κ3) is 3.19. The van der Waals surface area contributed by atoms with Crippen molar-refractivity contribution in [2.24, 2.45) is 0 Å². The number of nitrogens with one attached hydrogen (secondary N) is 1. The molecule has 8 nitrogen and oxygen atoms in total. The number of hydrogen-bond donors (Lipinski definition) is 1. The summed E-state index contributed by atoms with van der Waals surface area (Å²) in [5.74, 6) is 0.580. The fourth-order valence-corrected chi connectivity index (χ4v) is 4.72. The monoisotopic (exact) mass is 424 g/mol. The largest absolute Gasteiger partial charge is 0.262 e. The number of H-pyrrole nitrogens is 1. The number of nitrogens with zero attached hydrogens (tertiary/aromatic N) is 7. The number of hydrogen-bond acceptors (Lipinski definition) is 5. The van der Waals surface area contributed by atoms with Crippen molar-refractivity contribution in [1.29, 1.82) is 0 Å². The molecule has 1 saturated carbocycles. The second kappa shape index (κ2) is 7.71. The van der Waals surface area contributed by atoms with E-state index in [1.165, 1.54) is 42.3 Å². The maximum absolute atomic E-state index is 4.98. The van der Waals surface area contributed by atoms with Gasteiger partial charge in [-0.15, -0.1) is 10.2 Å². The van der Waals surface area contributed by atoms with Crippen molar-refractivity contribution in [2.75, 3.05) is 0 Å². The Kier molecular flexibility index (Phi) is 4.56. The molecule has 3 heterocycles. The van der Waals surface area contributed by atoms with Gasteiger partial charge in [0.15, 0.2) is 0 Å². The number of aryl methyl sites for hydroxylation is 1. The lowest BCUT2D eigenvalue weighted by molar-refractivity contribution is 0.478. The molecule has 0 bridgehead atoms. The summed E-state index contributed by atoms with van der Waals surface area (Å²) in [5.41, 5.74) is 6.37. The lowest BCUT2D eigenvalue weighted by atomic mass is 10.1. The van der Waals surface area contributed by atoms with Crippen LogP contribution in [0.3, 0.4) is 0 Å². The van der Waals surface area contributed by atoms with Gasteiger partial charge in [0.1, 0.15) is 0 Å². The van der Waals surface area contributed by atoms with Gasteiger partial charge in [-0.1, -0.05) is 31.9 Å². The van der Waals surface area contributed by atoms with Crippen molar-refractivity contribution < 1.29 is 0 Å². The molecule has 0 aliphatic heterocycles. The summed E-state index contributed by atoms with van der Waals surface area (Å²) in [6.07, 6.45) is 7.97. The molecule has 1 aliphatic carbocycles. The minimum Gasteiger partial charge on any atom is -0.262 e. The zero-order valence-corrected chi connectivity index (χ0v) is 17.9. The van der Waals surface area contributed by atoms with Crippen LogP contribution in [0, 0.1) is 0 Å². The quantitative estimate of drug-likeness (QED) is 0.440. The summed E-state index contributed by atoms with van der Waals surface area (Å²) in [6, 6.07) is 17.2. The highest BCUT2D eigenvalue weighted by molar-refractivity contribution is 5.86. The van der Waals surface area contributed by atoms with E-state index in [1.54, 1.807) is 0 Å². The van der Waals surface area contributed by atoms with E-state index in [0.29, 0.717) is 11.9 Å². The Labute approximate surface area is 185 Å². The van der Waals surface area contributed by atoms with Crippen LogP contribution in [0.4, 0.5) is 0 Å². The van der Waals surface area contributed by atoms with E-state index in [2.05, 4.69) is 56.5 Å². The zero-order valence-electron chi connectivity index (χ0n) is 17.9. The zero-order chi connectivity index (χ0) is 21.5. The Morgan fingerprint density at radius 3 is 2.53 bits per heavy atom. The van der Waals surface area contributed by atoms with E-state index in [4.69, 9.17) is 10.2 Å². The fraction of sp³-hybridized carbons (Fsp3) is 0.292. The van der Waals surface area contributed by atoms with Gasteiger partial charge in [0.05, 0.1) is 28.6 Å². The van der Waals surface area contributed by atoms with Crippen LogP contribution in [0.2, 0.25) is 0 Å². The number of rotatable bonds is 5. The van der Waals surface area contributed by atoms with Gasteiger partial charge in [0.2, 0.25) is 5.82 Å². The smallest absolute Gasteiger partial charge is 0.204 e. The van der Waals surface area contributed by atoms with Crippen LogP contribution in [0.15, 0.2) is 54.7 Å². The summed E-state index contributed by atoms with van der Waals surface area (Å²) in [7, 11) is 0. The van der Waals surface area contributed by atoms with Gasteiger partial charge in [-0.25, -0.2) is 4.68 Å². The maximum Gasteiger partial charge on any atom is 0.204 e. The third-order valence-corrected chi connectivity index (χ3v) is 6.41. The first kappa shape index (κ1) is 18.9. The van der Waals surface area contributed by atoms with E-state index >= 15 is 0 Å². The highest BCUT2D eigenvalue weighted by Gasteiger charge is 2.21. The van der Waals surface area contributed by atoms with Crippen LogP contribution in [0.1, 0.15) is 44.3 Å². The van der Waals surface area contributed by atoms with Crippen molar-refractivity contribution in [3.8, 4) is 28.3 Å². The number of benzene rings is 2. The first-order valence-electron chi connectivity index (χ1n) is 11.2. The molecule has 1 aliphatic rings. The predicted octanol–water partition coefficient (Wildman–Crippen LogP) is 4.75. The summed E-state index contributed by atoms with van der Waals surface area (Å²) in [6.45, 7) is 2.18. The van der Waals surface area contributed by atoms with Crippen molar-refractivity contribution >= 4 is 10.9 Å². The molecule has 0 saturated heterocycles. The summed E-state index contributed by atoms with van der Waals surface area (Å²) in [5, 5.41) is 25.2. The Bertz CT molecular complexity index is 1360. The molecule has 1 N–H and O–H groups in total. The molecular weight excluding hydrogens is 400 g/mol. The van der Waals surface area contributed by atoms with Crippen LogP contribution in [-0.4, -0.2) is 40.2 Å². The first-order chi connectivity index (χ1) is 15.8. The maximum atomic E-state index is 4.98. The molecule has 0 radical (unpaired) electrons. The molecule has 3 aromatic heterocycles. The Morgan fingerprint density at radius 1 is 0.969 bits per heavy atom. The van der Waals surface area contributed by atoms with Gasteiger partial charge in [-0.3, -0.25) is 4.68 Å². The minimum atomic E-state index is 0.517. The molecule has 0 amide bonds. The molecule has 2 aromatic carbocycles. The number of aromatic amines is 1. The van der Waals surface area contributed by atoms with Gasteiger partial charge >= 0.3 is 0 Å². The average molecular weight is 425 g/mol. The van der Waals surface area contributed by atoms with Gasteiger partial charge < -0.3 is 0 Å². The van der Waals surface area contributed by atoms with Gasteiger partial charge in [0.25, 0.3) is 0 Å². The molecule has 0 spiro atoms. The van der Waals surface area contributed by atoms with Crippen molar-refractivity contribution in [2.45, 2.75) is 45.1 Å². The van der Waals surface area contributed by atoms with E-state index in [1.807, 2.05) is 35.1 Å². The van der Waals surface area contributed by atoms with Crippen LogP contribution in [0.25, 0.3) is 39.2 Å². The molecule has 160 valence electrons.